The van der Waals surface area contributed by atoms with Gasteiger partial charge < -0.3 is 15.0 Å². The van der Waals surface area contributed by atoms with Gasteiger partial charge in [0.15, 0.2) is 5.65 Å². The molecule has 4 heterocycles. The van der Waals surface area contributed by atoms with Crippen LogP contribution in [-0.2, 0) is 11.2 Å². The van der Waals surface area contributed by atoms with E-state index in [-0.39, 0.29) is 7.43 Å². The van der Waals surface area contributed by atoms with Gasteiger partial charge >= 0.3 is 0 Å². The molecule has 164 valence electrons. The van der Waals surface area contributed by atoms with Crippen molar-refractivity contribution < 1.29 is 4.74 Å². The summed E-state index contributed by atoms with van der Waals surface area (Å²) < 4.78 is 7.93. The van der Waals surface area contributed by atoms with Crippen molar-refractivity contribution in [2.45, 2.75) is 46.0 Å². The van der Waals surface area contributed by atoms with Gasteiger partial charge in [0.2, 0.25) is 0 Å². The van der Waals surface area contributed by atoms with Crippen LogP contribution in [0.2, 0.25) is 0 Å². The normalized spacial score (nSPS) is 17.6. The predicted molar refractivity (Wildman–Crippen MR) is 126 cm³/mol. The highest BCUT2D eigenvalue weighted by molar-refractivity contribution is 5.86. The van der Waals surface area contributed by atoms with E-state index in [0.717, 1.165) is 87.3 Å². The molecule has 2 aromatic heterocycles. The molecule has 0 amide bonds. The second kappa shape index (κ2) is 9.25. The molecule has 5 rings (SSSR count). The van der Waals surface area contributed by atoms with E-state index >= 15 is 0 Å². The number of nitriles is 1. The highest BCUT2D eigenvalue weighted by atomic mass is 16.5. The van der Waals surface area contributed by atoms with E-state index in [1.165, 1.54) is 16.9 Å². The summed E-state index contributed by atoms with van der Waals surface area (Å²) in [7, 11) is 0. The van der Waals surface area contributed by atoms with Gasteiger partial charge in [-0.1, -0.05) is 32.9 Å². The first-order chi connectivity index (χ1) is 14.8. The Labute approximate surface area is 184 Å². The van der Waals surface area contributed by atoms with Gasteiger partial charge in [-0.15, -0.1) is 0 Å². The van der Waals surface area contributed by atoms with Crippen LogP contribution >= 0.6 is 0 Å². The molecule has 1 N–H and O–H groups in total. The maximum Gasteiger partial charge on any atom is 0.157 e. The predicted octanol–water partition coefficient (Wildman–Crippen LogP) is 4.25. The van der Waals surface area contributed by atoms with E-state index in [2.05, 4.69) is 45.8 Å². The Bertz CT molecular complexity index is 1100. The summed E-state index contributed by atoms with van der Waals surface area (Å²) in [6.07, 6.45) is 3.98. The summed E-state index contributed by atoms with van der Waals surface area (Å²) >= 11 is 0. The fourth-order valence-corrected chi connectivity index (χ4v) is 5.19. The lowest BCUT2D eigenvalue weighted by Gasteiger charge is -2.35. The number of hydrogen-bond acceptors (Lipinski definition) is 5. The van der Waals surface area contributed by atoms with Gasteiger partial charge in [-0.05, 0) is 48.4 Å². The fraction of sp³-hybridized carbons (Fsp3) is 0.520. The monoisotopic (exact) mass is 419 g/mol. The minimum absolute atomic E-state index is 0. The fourth-order valence-electron chi connectivity index (χ4n) is 5.19. The zero-order valence-electron chi connectivity index (χ0n) is 17.7. The molecule has 31 heavy (non-hydrogen) atoms. The Morgan fingerprint density at radius 1 is 1.19 bits per heavy atom. The second-order valence-electron chi connectivity index (χ2n) is 8.34. The number of aromatic nitrogens is 2. The number of piperazine rings is 1. The molecule has 6 heteroatoms. The van der Waals surface area contributed by atoms with E-state index in [1.807, 2.05) is 6.07 Å². The van der Waals surface area contributed by atoms with Gasteiger partial charge in [0.05, 0.1) is 16.6 Å². The molecule has 3 aromatic rings. The van der Waals surface area contributed by atoms with Gasteiger partial charge in [-0.3, -0.25) is 4.40 Å². The Kier molecular flexibility index (Phi) is 6.45. The lowest BCUT2D eigenvalue weighted by atomic mass is 9.84. The van der Waals surface area contributed by atoms with E-state index in [4.69, 9.17) is 9.72 Å². The molecule has 2 aliphatic rings. The lowest BCUT2D eigenvalue weighted by molar-refractivity contribution is 0.0851. The SMILES string of the molecule is C.CCCc1c(C2CCOCC2)c(C#N)c2nc3ccccc3n2c1N1CCNCC1. The summed E-state index contributed by atoms with van der Waals surface area (Å²) in [5.74, 6) is 1.61. The van der Waals surface area contributed by atoms with Crippen LogP contribution in [0.3, 0.4) is 0 Å². The summed E-state index contributed by atoms with van der Waals surface area (Å²) in [4.78, 5) is 7.47. The van der Waals surface area contributed by atoms with Gasteiger partial charge in [-0.2, -0.15) is 5.26 Å². The topological polar surface area (TPSA) is 65.6 Å². The third kappa shape index (κ3) is 3.66. The summed E-state index contributed by atoms with van der Waals surface area (Å²) in [6.45, 7) is 7.67. The van der Waals surface area contributed by atoms with Gasteiger partial charge in [-0.25, -0.2) is 4.98 Å². The second-order valence-corrected chi connectivity index (χ2v) is 8.34. The average molecular weight is 420 g/mol. The number of hydrogen-bond donors (Lipinski definition) is 1. The van der Waals surface area contributed by atoms with Crippen molar-refractivity contribution in [1.82, 2.24) is 14.7 Å². The van der Waals surface area contributed by atoms with Crippen molar-refractivity contribution in [3.05, 3.63) is 41.0 Å². The molecule has 1 aromatic carbocycles. The van der Waals surface area contributed by atoms with Crippen LogP contribution in [0.25, 0.3) is 16.7 Å². The van der Waals surface area contributed by atoms with Crippen molar-refractivity contribution in [1.29, 1.82) is 5.26 Å². The van der Waals surface area contributed by atoms with Gasteiger partial charge in [0.1, 0.15) is 11.9 Å². The first kappa shape index (κ1) is 21.6. The van der Waals surface area contributed by atoms with E-state index in [0.29, 0.717) is 5.92 Å². The highest BCUT2D eigenvalue weighted by Crippen LogP contribution is 2.40. The molecule has 0 radical (unpaired) electrons. The molecule has 0 unspecified atom stereocenters. The number of benzene rings is 1. The summed E-state index contributed by atoms with van der Waals surface area (Å²) in [6, 6.07) is 10.8. The molecule has 0 atom stereocenters. The average Bonchev–Trinajstić information content (AvgIpc) is 3.19. The first-order valence-electron chi connectivity index (χ1n) is 11.2. The lowest BCUT2D eigenvalue weighted by Crippen LogP contribution is -2.45. The zero-order valence-corrected chi connectivity index (χ0v) is 17.7. The van der Waals surface area contributed by atoms with Crippen LogP contribution in [0.5, 0.6) is 0 Å². The molecule has 0 saturated carbocycles. The molecule has 2 fully saturated rings. The molecule has 6 nitrogen and oxygen atoms in total. The number of anilines is 1. The van der Waals surface area contributed by atoms with E-state index in [9.17, 15) is 5.26 Å². The maximum atomic E-state index is 10.3. The maximum absolute atomic E-state index is 10.3. The zero-order chi connectivity index (χ0) is 20.5. The van der Waals surface area contributed by atoms with Crippen molar-refractivity contribution in [3.8, 4) is 6.07 Å². The molecule has 2 aliphatic heterocycles. The molecule has 0 aliphatic carbocycles. The Morgan fingerprint density at radius 3 is 2.65 bits per heavy atom. The summed E-state index contributed by atoms with van der Waals surface area (Å²) in [5.41, 5.74) is 6.21. The molecular weight excluding hydrogens is 386 g/mol. The van der Waals surface area contributed by atoms with E-state index in [1.54, 1.807) is 0 Å². The van der Waals surface area contributed by atoms with Gasteiger partial charge in [0, 0.05) is 39.4 Å². The Hall–Kier alpha value is -2.62. The van der Waals surface area contributed by atoms with Gasteiger partial charge in [0.25, 0.3) is 0 Å². The van der Waals surface area contributed by atoms with Crippen molar-refractivity contribution in [3.63, 3.8) is 0 Å². The van der Waals surface area contributed by atoms with E-state index < -0.39 is 0 Å². The highest BCUT2D eigenvalue weighted by Gasteiger charge is 2.30. The standard InChI is InChI=1S/C24H29N5O.CH4/c1-2-5-18-22(17-8-14-30-15-9-17)19(16-25)23-27-20-6-3-4-7-21(20)29(23)24(18)28-12-10-26-11-13-28;/h3-4,6-7,17,26H,2,5,8-15H2,1H3;1H4. The molecule has 0 bridgehead atoms. The number of pyridine rings is 1. The van der Waals surface area contributed by atoms with Crippen LogP contribution in [0.1, 0.15) is 56.2 Å². The van der Waals surface area contributed by atoms with Crippen molar-refractivity contribution in [2.75, 3.05) is 44.3 Å². The van der Waals surface area contributed by atoms with Crippen molar-refractivity contribution >= 4 is 22.5 Å². The smallest absolute Gasteiger partial charge is 0.157 e. The Balaban J connectivity index is 0.00000231. The van der Waals surface area contributed by atoms with Crippen LogP contribution in [-0.4, -0.2) is 48.8 Å². The number of fused-ring (bicyclic) bond motifs is 3. The number of para-hydroxylation sites is 2. The van der Waals surface area contributed by atoms with Crippen LogP contribution in [0.15, 0.2) is 24.3 Å². The van der Waals surface area contributed by atoms with Crippen LogP contribution in [0, 0.1) is 11.3 Å². The summed E-state index contributed by atoms with van der Waals surface area (Å²) in [5, 5.41) is 13.8. The number of nitrogens with one attached hydrogen (secondary N) is 1. The molecule has 0 spiro atoms. The first-order valence-corrected chi connectivity index (χ1v) is 11.2. The minimum Gasteiger partial charge on any atom is -0.381 e. The number of ether oxygens (including phenoxy) is 1. The number of imidazole rings is 1. The number of rotatable bonds is 4. The molecule has 2 saturated heterocycles. The Morgan fingerprint density at radius 2 is 1.94 bits per heavy atom. The van der Waals surface area contributed by atoms with Crippen LogP contribution in [0.4, 0.5) is 5.82 Å². The third-order valence-electron chi connectivity index (χ3n) is 6.52. The van der Waals surface area contributed by atoms with Crippen molar-refractivity contribution in [2.24, 2.45) is 0 Å². The minimum atomic E-state index is 0. The quantitative estimate of drug-likeness (QED) is 0.685. The van der Waals surface area contributed by atoms with Crippen LogP contribution < -0.4 is 10.2 Å². The molecular formula is C25H33N5O. The largest absolute Gasteiger partial charge is 0.381 e. The third-order valence-corrected chi connectivity index (χ3v) is 6.52. The number of nitrogens with zero attached hydrogens (tertiary/aromatic N) is 4.